The van der Waals surface area contributed by atoms with E-state index in [-0.39, 0.29) is 6.71 Å². The molecule has 0 saturated heterocycles. The highest BCUT2D eigenvalue weighted by atomic mass is 15.2. The second-order valence-electron chi connectivity index (χ2n) is 17.6. The van der Waals surface area contributed by atoms with Crippen LogP contribution in [0.25, 0.3) is 33.2 Å². The van der Waals surface area contributed by atoms with E-state index >= 15 is 0 Å². The van der Waals surface area contributed by atoms with E-state index < -0.39 is 0 Å². The molecule has 0 fully saturated rings. The smallest absolute Gasteiger partial charge is 0.252 e. The molecule has 0 atom stereocenters. The molecule has 2 aliphatic heterocycles. The first-order valence-electron chi connectivity index (χ1n) is 23.5. The van der Waals surface area contributed by atoms with Gasteiger partial charge in [0, 0.05) is 56.3 Å². The van der Waals surface area contributed by atoms with Gasteiger partial charge in [-0.15, -0.1) is 0 Å². The van der Waals surface area contributed by atoms with Gasteiger partial charge < -0.3 is 18.9 Å². The average molecular weight is 819 g/mol. The van der Waals surface area contributed by atoms with Crippen LogP contribution >= 0.6 is 0 Å². The van der Waals surface area contributed by atoms with E-state index in [0.717, 1.165) is 67.7 Å². The number of para-hydroxylation sites is 4. The number of nitrogens with zero attached hydrogens (tertiary/aromatic N) is 4. The van der Waals surface area contributed by atoms with Gasteiger partial charge in [-0.1, -0.05) is 125 Å². The fourth-order valence-electron chi connectivity index (χ4n) is 10.8. The predicted molar refractivity (Wildman–Crippen MR) is 270 cm³/mol. The van der Waals surface area contributed by atoms with Gasteiger partial charge in [-0.25, -0.2) is 0 Å². The van der Waals surface area contributed by atoms with Crippen LogP contribution in [-0.2, 0) is 19.3 Å². The summed E-state index contributed by atoms with van der Waals surface area (Å²) in [4.78, 5) is 4.93. The third-order valence-electron chi connectivity index (χ3n) is 13.6. The molecule has 2 aliphatic rings. The first-order valence-corrected chi connectivity index (χ1v) is 23.5. The van der Waals surface area contributed by atoms with Crippen molar-refractivity contribution in [3.05, 3.63) is 187 Å². The van der Waals surface area contributed by atoms with E-state index in [2.05, 4.69) is 210 Å². The lowest BCUT2D eigenvalue weighted by atomic mass is 9.34. The van der Waals surface area contributed by atoms with Crippen LogP contribution in [0.15, 0.2) is 170 Å². The summed E-state index contributed by atoms with van der Waals surface area (Å²) in [7, 11) is 0. The maximum absolute atomic E-state index is 2.71. The lowest BCUT2D eigenvalue weighted by molar-refractivity contribution is 0.759. The Hall–Kier alpha value is -6.72. The van der Waals surface area contributed by atoms with Crippen LogP contribution < -0.4 is 26.2 Å². The number of fused-ring (bicyclic) bond motifs is 4. The van der Waals surface area contributed by atoms with Crippen molar-refractivity contribution in [1.29, 1.82) is 0 Å². The van der Waals surface area contributed by atoms with E-state index in [1.165, 1.54) is 90.7 Å². The van der Waals surface area contributed by atoms with Crippen molar-refractivity contribution in [2.45, 2.75) is 78.6 Å². The average Bonchev–Trinajstić information content (AvgIpc) is 3.92. The van der Waals surface area contributed by atoms with Gasteiger partial charge in [0.1, 0.15) is 0 Å². The Labute approximate surface area is 373 Å². The van der Waals surface area contributed by atoms with E-state index in [0.29, 0.717) is 0 Å². The summed E-state index contributed by atoms with van der Waals surface area (Å²) in [5.41, 5.74) is 21.0. The van der Waals surface area contributed by atoms with Gasteiger partial charge in [0.2, 0.25) is 0 Å². The standard InChI is InChI=1S/C58H55BN4/c1-4-7-22-41-37-54-56-55(38-41)63-47(24-9-6-3)40-49-53(61(44-29-18-12-19-30-44)45-31-20-13-21-32-45)36-34-51(58(49)63)59(56)50-33-35-52(48-39-46(23-8-5-2)62(54)57(48)50)60(42-25-14-10-15-26-42)43-27-16-11-17-28-43/h10-21,25-40H,4-9,22-24H2,1-3H3. The first kappa shape index (κ1) is 39.2. The molecular weight excluding hydrogens is 763 g/mol. The first-order chi connectivity index (χ1) is 31.2. The molecule has 4 heterocycles. The molecule has 0 unspecified atom stereocenters. The molecular formula is C58H55BN4. The molecule has 7 aromatic carbocycles. The Balaban J connectivity index is 1.23. The number of hydrogen-bond acceptors (Lipinski definition) is 2. The molecule has 4 nitrogen and oxygen atoms in total. The highest BCUT2D eigenvalue weighted by molar-refractivity contribution is 7.00. The third-order valence-corrected chi connectivity index (χ3v) is 13.6. The third kappa shape index (κ3) is 6.51. The zero-order chi connectivity index (χ0) is 42.4. The largest absolute Gasteiger partial charge is 0.314 e. The molecule has 0 aliphatic carbocycles. The predicted octanol–water partition coefficient (Wildman–Crippen LogP) is 13.7. The van der Waals surface area contributed by atoms with Gasteiger partial charge in [-0.05, 0) is 145 Å². The Kier molecular flexibility index (Phi) is 10.3. The summed E-state index contributed by atoms with van der Waals surface area (Å²) in [6, 6.07) is 63.7. The van der Waals surface area contributed by atoms with Crippen LogP contribution in [0, 0.1) is 0 Å². The van der Waals surface area contributed by atoms with E-state index in [1.54, 1.807) is 0 Å². The fourth-order valence-corrected chi connectivity index (χ4v) is 10.8. The van der Waals surface area contributed by atoms with Crippen molar-refractivity contribution in [2.24, 2.45) is 0 Å². The zero-order valence-corrected chi connectivity index (χ0v) is 36.9. The molecule has 0 radical (unpaired) electrons. The second-order valence-corrected chi connectivity index (χ2v) is 17.6. The van der Waals surface area contributed by atoms with Gasteiger partial charge in [0.15, 0.2) is 0 Å². The van der Waals surface area contributed by atoms with Crippen molar-refractivity contribution in [3.63, 3.8) is 0 Å². The normalized spacial score (nSPS) is 12.3. The van der Waals surface area contributed by atoms with E-state index in [4.69, 9.17) is 0 Å². The fraction of sp³-hybridized carbons (Fsp3) is 0.207. The Bertz CT molecular complexity index is 2800. The van der Waals surface area contributed by atoms with Crippen LogP contribution in [-0.4, -0.2) is 15.8 Å². The molecule has 11 rings (SSSR count). The molecule has 0 saturated carbocycles. The van der Waals surface area contributed by atoms with Crippen LogP contribution in [0.1, 0.15) is 76.2 Å². The molecule has 5 heteroatoms. The van der Waals surface area contributed by atoms with Crippen LogP contribution in [0.4, 0.5) is 34.1 Å². The number of rotatable bonds is 15. The highest BCUT2D eigenvalue weighted by Crippen LogP contribution is 2.45. The summed E-state index contributed by atoms with van der Waals surface area (Å²) < 4.78 is 5.42. The molecule has 310 valence electrons. The summed E-state index contributed by atoms with van der Waals surface area (Å²) in [6.45, 7) is 7.04. The van der Waals surface area contributed by atoms with Crippen molar-refractivity contribution in [2.75, 3.05) is 9.80 Å². The molecule has 2 aromatic heterocycles. The minimum Gasteiger partial charge on any atom is -0.314 e. The van der Waals surface area contributed by atoms with Gasteiger partial charge in [0.25, 0.3) is 6.71 Å². The quantitative estimate of drug-likeness (QED) is 0.0958. The SMILES string of the molecule is CCCCc1cc2c3c(c1)-n1c(CCCC)cc4c(N(c5ccccc5)c5ccccc5)ccc(c41)B3c1ccc(N(c3ccccc3)c3ccccc3)c3cc(CCCC)n-2c13. The number of anilines is 6. The molecule has 63 heavy (non-hydrogen) atoms. The van der Waals surface area contributed by atoms with Crippen LogP contribution in [0.5, 0.6) is 0 Å². The van der Waals surface area contributed by atoms with E-state index in [9.17, 15) is 0 Å². The van der Waals surface area contributed by atoms with Crippen molar-refractivity contribution in [1.82, 2.24) is 9.13 Å². The zero-order valence-electron chi connectivity index (χ0n) is 36.9. The maximum Gasteiger partial charge on any atom is 0.252 e. The topological polar surface area (TPSA) is 16.3 Å². The lowest BCUT2D eigenvalue weighted by Crippen LogP contribution is -2.59. The van der Waals surface area contributed by atoms with Crippen LogP contribution in [0.2, 0.25) is 0 Å². The monoisotopic (exact) mass is 818 g/mol. The summed E-state index contributed by atoms with van der Waals surface area (Å²) in [5, 5.41) is 2.63. The van der Waals surface area contributed by atoms with Crippen molar-refractivity contribution in [3.8, 4) is 11.4 Å². The Morgan fingerprint density at radius 2 is 0.778 bits per heavy atom. The van der Waals surface area contributed by atoms with Gasteiger partial charge in [0.05, 0.1) is 22.4 Å². The molecule has 0 N–H and O–H groups in total. The number of unbranched alkanes of at least 4 members (excludes halogenated alkanes) is 3. The minimum atomic E-state index is 0.0787. The maximum atomic E-state index is 2.71. The summed E-state index contributed by atoms with van der Waals surface area (Å²) in [5.74, 6) is 0. The number of aromatic nitrogens is 2. The van der Waals surface area contributed by atoms with Crippen LogP contribution in [0.3, 0.4) is 0 Å². The van der Waals surface area contributed by atoms with Gasteiger partial charge in [-0.3, -0.25) is 0 Å². The Morgan fingerprint density at radius 1 is 0.413 bits per heavy atom. The van der Waals surface area contributed by atoms with E-state index in [1.807, 2.05) is 0 Å². The van der Waals surface area contributed by atoms with Gasteiger partial charge >= 0.3 is 0 Å². The summed E-state index contributed by atoms with van der Waals surface area (Å²) in [6.07, 6.45) is 10.1. The summed E-state index contributed by atoms with van der Waals surface area (Å²) >= 11 is 0. The number of benzene rings is 7. The lowest BCUT2D eigenvalue weighted by Gasteiger charge is -2.36. The highest BCUT2D eigenvalue weighted by Gasteiger charge is 2.42. The number of aryl methyl sites for hydroxylation is 3. The minimum absolute atomic E-state index is 0.0787. The Morgan fingerprint density at radius 3 is 1.14 bits per heavy atom. The molecule has 0 bridgehead atoms. The molecule has 0 spiro atoms. The number of hydrogen-bond donors (Lipinski definition) is 0. The van der Waals surface area contributed by atoms with Crippen molar-refractivity contribution < 1.29 is 0 Å². The second kappa shape index (κ2) is 16.5. The van der Waals surface area contributed by atoms with Crippen molar-refractivity contribution >= 4 is 79.0 Å². The molecule has 9 aromatic rings. The molecule has 0 amide bonds. The van der Waals surface area contributed by atoms with Gasteiger partial charge in [-0.2, -0.15) is 0 Å².